The highest BCUT2D eigenvalue weighted by atomic mass is 16.5. The molecule has 3 aromatic rings. The van der Waals surface area contributed by atoms with Crippen LogP contribution in [0.3, 0.4) is 0 Å². The Bertz CT molecular complexity index is 779. The molecule has 0 fully saturated rings. The van der Waals surface area contributed by atoms with E-state index in [1.807, 2.05) is 36.0 Å². The van der Waals surface area contributed by atoms with Gasteiger partial charge < -0.3 is 10.5 Å². The van der Waals surface area contributed by atoms with Gasteiger partial charge in [0.15, 0.2) is 5.75 Å². The van der Waals surface area contributed by atoms with Crippen molar-refractivity contribution >= 4 is 16.5 Å². The van der Waals surface area contributed by atoms with Crippen molar-refractivity contribution in [3.05, 3.63) is 42.5 Å². The van der Waals surface area contributed by atoms with Gasteiger partial charge in [-0.1, -0.05) is 6.92 Å². The summed E-state index contributed by atoms with van der Waals surface area (Å²) in [6.07, 6.45) is 6.45. The molecule has 0 amide bonds. The van der Waals surface area contributed by atoms with Gasteiger partial charge in [-0.2, -0.15) is 5.10 Å². The van der Waals surface area contributed by atoms with E-state index in [9.17, 15) is 0 Å². The van der Waals surface area contributed by atoms with Crippen LogP contribution in [0.5, 0.6) is 11.5 Å². The summed E-state index contributed by atoms with van der Waals surface area (Å²) in [5.74, 6) is 1.49. The van der Waals surface area contributed by atoms with E-state index in [0.29, 0.717) is 5.69 Å². The lowest BCUT2D eigenvalue weighted by atomic mass is 10.1. The molecule has 0 bridgehead atoms. The minimum Gasteiger partial charge on any atom is -0.453 e. The van der Waals surface area contributed by atoms with Gasteiger partial charge in [-0.05, 0) is 31.5 Å². The van der Waals surface area contributed by atoms with E-state index < -0.39 is 0 Å². The number of hydrogen-bond donors (Lipinski definition) is 1. The third-order valence-electron chi connectivity index (χ3n) is 3.32. The van der Waals surface area contributed by atoms with Gasteiger partial charge in [0.25, 0.3) is 0 Å². The molecule has 21 heavy (non-hydrogen) atoms. The summed E-state index contributed by atoms with van der Waals surface area (Å²) in [7, 11) is 0. The van der Waals surface area contributed by atoms with Crippen molar-refractivity contribution in [2.24, 2.45) is 0 Å². The van der Waals surface area contributed by atoms with Crippen molar-refractivity contribution in [3.63, 3.8) is 0 Å². The number of aromatic nitrogens is 3. The fraction of sp³-hybridized carbons (Fsp3) is 0.250. The first-order valence-corrected chi connectivity index (χ1v) is 7.02. The first-order chi connectivity index (χ1) is 10.2. The summed E-state index contributed by atoms with van der Waals surface area (Å²) in [5.41, 5.74) is 7.63. The molecule has 108 valence electrons. The van der Waals surface area contributed by atoms with E-state index >= 15 is 0 Å². The maximum Gasteiger partial charge on any atom is 0.165 e. The van der Waals surface area contributed by atoms with Gasteiger partial charge >= 0.3 is 0 Å². The second-order valence-electron chi connectivity index (χ2n) is 5.07. The number of pyridine rings is 1. The number of ether oxygens (including phenoxy) is 1. The molecule has 2 heterocycles. The van der Waals surface area contributed by atoms with Crippen LogP contribution < -0.4 is 10.5 Å². The Kier molecular flexibility index (Phi) is 3.48. The maximum atomic E-state index is 6.00. The summed E-state index contributed by atoms with van der Waals surface area (Å²) >= 11 is 0. The number of nitrogens with two attached hydrogens (primary N) is 1. The molecule has 0 spiro atoms. The molecule has 0 aliphatic rings. The van der Waals surface area contributed by atoms with Gasteiger partial charge in [-0.15, -0.1) is 0 Å². The molecule has 0 atom stereocenters. The number of benzene rings is 1. The zero-order valence-electron chi connectivity index (χ0n) is 12.2. The third kappa shape index (κ3) is 2.67. The smallest absolute Gasteiger partial charge is 0.165 e. The molecule has 0 unspecified atom stereocenters. The largest absolute Gasteiger partial charge is 0.453 e. The molecule has 1 aromatic carbocycles. The van der Waals surface area contributed by atoms with Crippen LogP contribution in [-0.2, 0) is 6.54 Å². The number of aryl methyl sites for hydroxylation is 2. The number of fused-ring (bicyclic) bond motifs is 1. The Hall–Kier alpha value is -2.56. The van der Waals surface area contributed by atoms with E-state index in [1.54, 1.807) is 12.4 Å². The normalized spacial score (nSPS) is 11.0. The zero-order chi connectivity index (χ0) is 14.8. The third-order valence-corrected chi connectivity index (χ3v) is 3.32. The Morgan fingerprint density at radius 1 is 1.24 bits per heavy atom. The number of anilines is 1. The summed E-state index contributed by atoms with van der Waals surface area (Å²) in [6.45, 7) is 4.95. The van der Waals surface area contributed by atoms with Crippen molar-refractivity contribution in [1.82, 2.24) is 14.8 Å². The molecule has 0 radical (unpaired) electrons. The minimum atomic E-state index is 0.700. The lowest BCUT2D eigenvalue weighted by molar-refractivity contribution is 0.486. The maximum absolute atomic E-state index is 6.00. The van der Waals surface area contributed by atoms with E-state index in [1.165, 1.54) is 0 Å². The Labute approximate surface area is 123 Å². The molecule has 2 N–H and O–H groups in total. The number of nitrogen functional groups attached to an aromatic ring is 1. The second kappa shape index (κ2) is 5.44. The molecule has 0 saturated heterocycles. The average molecular weight is 282 g/mol. The highest BCUT2D eigenvalue weighted by molar-refractivity contribution is 5.96. The van der Waals surface area contributed by atoms with Gasteiger partial charge in [0.05, 0.1) is 12.4 Å². The van der Waals surface area contributed by atoms with Crippen LogP contribution in [-0.4, -0.2) is 14.8 Å². The minimum absolute atomic E-state index is 0.700. The van der Waals surface area contributed by atoms with E-state index in [2.05, 4.69) is 17.0 Å². The molecule has 0 aliphatic carbocycles. The molecule has 2 aromatic heterocycles. The summed E-state index contributed by atoms with van der Waals surface area (Å²) in [6, 6.07) is 5.71. The van der Waals surface area contributed by atoms with Crippen LogP contribution >= 0.6 is 0 Å². The molecule has 5 heteroatoms. The number of nitrogens with zero attached hydrogens (tertiary/aromatic N) is 3. The van der Waals surface area contributed by atoms with Gasteiger partial charge in [-0.25, -0.2) is 0 Å². The predicted octanol–water partition coefficient (Wildman–Crippen LogP) is 3.52. The fourth-order valence-corrected chi connectivity index (χ4v) is 2.30. The fourth-order valence-electron chi connectivity index (χ4n) is 2.30. The second-order valence-corrected chi connectivity index (χ2v) is 5.07. The van der Waals surface area contributed by atoms with Crippen LogP contribution in [0, 0.1) is 6.92 Å². The summed E-state index contributed by atoms with van der Waals surface area (Å²) in [4.78, 5) is 4.29. The SMILES string of the molecule is CCCn1cc(Oc2ccc(N)c3cnc(C)cc23)cn1. The van der Waals surface area contributed by atoms with Gasteiger partial charge in [0.2, 0.25) is 0 Å². The number of hydrogen-bond acceptors (Lipinski definition) is 4. The van der Waals surface area contributed by atoms with Crippen molar-refractivity contribution in [1.29, 1.82) is 0 Å². The van der Waals surface area contributed by atoms with Crippen molar-refractivity contribution in [2.45, 2.75) is 26.8 Å². The number of rotatable bonds is 4. The van der Waals surface area contributed by atoms with Crippen LogP contribution in [0.4, 0.5) is 5.69 Å². The molecule has 0 aliphatic heterocycles. The first kappa shape index (κ1) is 13.4. The highest BCUT2D eigenvalue weighted by Crippen LogP contribution is 2.33. The van der Waals surface area contributed by atoms with Crippen LogP contribution in [0.15, 0.2) is 36.8 Å². The average Bonchev–Trinajstić information content (AvgIpc) is 2.90. The quantitative estimate of drug-likeness (QED) is 0.743. The summed E-state index contributed by atoms with van der Waals surface area (Å²) in [5, 5.41) is 6.14. The molecule has 3 rings (SSSR count). The zero-order valence-corrected chi connectivity index (χ0v) is 12.2. The van der Waals surface area contributed by atoms with Crippen molar-refractivity contribution in [3.8, 4) is 11.5 Å². The van der Waals surface area contributed by atoms with E-state index in [4.69, 9.17) is 10.5 Å². The Balaban J connectivity index is 1.99. The van der Waals surface area contributed by atoms with Crippen molar-refractivity contribution in [2.75, 3.05) is 5.73 Å². The van der Waals surface area contributed by atoms with Gasteiger partial charge in [0.1, 0.15) is 5.75 Å². The lowest BCUT2D eigenvalue weighted by Crippen LogP contribution is -1.95. The van der Waals surface area contributed by atoms with Crippen molar-refractivity contribution < 1.29 is 4.74 Å². The molecule has 5 nitrogen and oxygen atoms in total. The topological polar surface area (TPSA) is 66.0 Å². The molecular formula is C16H18N4O. The van der Waals surface area contributed by atoms with Gasteiger partial charge in [-0.3, -0.25) is 9.67 Å². The molecule has 0 saturated carbocycles. The Morgan fingerprint density at radius 2 is 2.10 bits per heavy atom. The Morgan fingerprint density at radius 3 is 2.90 bits per heavy atom. The summed E-state index contributed by atoms with van der Waals surface area (Å²) < 4.78 is 7.84. The van der Waals surface area contributed by atoms with Crippen LogP contribution in [0.1, 0.15) is 19.0 Å². The standard InChI is InChI=1S/C16H18N4O/c1-3-6-20-10-12(8-19-20)21-16-5-4-15(17)14-9-18-11(2)7-13(14)16/h4-5,7-10H,3,6,17H2,1-2H3. The van der Waals surface area contributed by atoms with E-state index in [0.717, 1.165) is 40.9 Å². The van der Waals surface area contributed by atoms with Crippen LogP contribution in [0.2, 0.25) is 0 Å². The lowest BCUT2D eigenvalue weighted by Gasteiger charge is -2.09. The van der Waals surface area contributed by atoms with E-state index in [-0.39, 0.29) is 0 Å². The first-order valence-electron chi connectivity index (χ1n) is 7.02. The molecular weight excluding hydrogens is 264 g/mol. The monoisotopic (exact) mass is 282 g/mol. The predicted molar refractivity (Wildman–Crippen MR) is 83.5 cm³/mol. The van der Waals surface area contributed by atoms with Crippen LogP contribution in [0.25, 0.3) is 10.8 Å². The van der Waals surface area contributed by atoms with Gasteiger partial charge in [0, 0.05) is 34.9 Å². The highest BCUT2D eigenvalue weighted by Gasteiger charge is 2.08.